The summed E-state index contributed by atoms with van der Waals surface area (Å²) in [6.45, 7) is 0.429. The monoisotopic (exact) mass is 323 g/mol. The number of aromatic carboxylic acids is 1. The fourth-order valence-electron chi connectivity index (χ4n) is 1.60. The second-order valence-electron chi connectivity index (χ2n) is 3.98. The molecule has 0 aromatic heterocycles. The quantitative estimate of drug-likeness (QED) is 0.897. The highest BCUT2D eigenvalue weighted by atomic mass is 79.9. The van der Waals surface area contributed by atoms with E-state index in [9.17, 15) is 9.18 Å². The van der Waals surface area contributed by atoms with E-state index in [-0.39, 0.29) is 11.4 Å². The molecule has 0 spiro atoms. The van der Waals surface area contributed by atoms with Gasteiger partial charge >= 0.3 is 5.97 Å². The van der Waals surface area contributed by atoms with Crippen LogP contribution >= 0.6 is 15.9 Å². The molecule has 0 unspecified atom stereocenters. The lowest BCUT2D eigenvalue weighted by molar-refractivity contribution is 0.0697. The zero-order valence-electron chi connectivity index (χ0n) is 9.86. The van der Waals surface area contributed by atoms with Gasteiger partial charge in [0.25, 0.3) is 0 Å². The molecule has 2 rings (SSSR count). The Morgan fingerprint density at radius 1 is 1.21 bits per heavy atom. The van der Waals surface area contributed by atoms with Crippen molar-refractivity contribution in [3.05, 3.63) is 63.9 Å². The normalized spacial score (nSPS) is 10.2. The number of carboxylic acids is 1. The average Bonchev–Trinajstić information content (AvgIpc) is 2.38. The van der Waals surface area contributed by atoms with Gasteiger partial charge in [0.05, 0.1) is 11.3 Å². The maximum atomic E-state index is 13.6. The van der Waals surface area contributed by atoms with E-state index in [1.807, 2.05) is 0 Å². The van der Waals surface area contributed by atoms with Crippen LogP contribution in [0, 0.1) is 5.82 Å². The molecule has 0 bridgehead atoms. The van der Waals surface area contributed by atoms with E-state index in [0.717, 1.165) is 5.56 Å². The minimum atomic E-state index is -0.960. The highest BCUT2D eigenvalue weighted by Crippen LogP contribution is 2.20. The van der Waals surface area contributed by atoms with Gasteiger partial charge in [0.1, 0.15) is 5.82 Å². The SMILES string of the molecule is O=C(O)c1ccc(CNc2ccc(Br)cc2F)cc1. The molecule has 2 aromatic carbocycles. The summed E-state index contributed by atoms with van der Waals surface area (Å²) >= 11 is 3.19. The molecule has 0 saturated carbocycles. The molecular formula is C14H11BrFNO2. The molecule has 0 amide bonds. The van der Waals surface area contributed by atoms with Crippen molar-refractivity contribution in [3.8, 4) is 0 Å². The van der Waals surface area contributed by atoms with Crippen molar-refractivity contribution < 1.29 is 14.3 Å². The van der Waals surface area contributed by atoms with E-state index in [2.05, 4.69) is 21.2 Å². The number of carboxylic acid groups (broad SMARTS) is 1. The first kappa shape index (κ1) is 13.5. The van der Waals surface area contributed by atoms with Gasteiger partial charge in [-0.15, -0.1) is 0 Å². The molecule has 0 fully saturated rings. The third-order valence-electron chi connectivity index (χ3n) is 2.61. The molecule has 98 valence electrons. The predicted molar refractivity (Wildman–Crippen MR) is 74.8 cm³/mol. The minimum Gasteiger partial charge on any atom is -0.478 e. The van der Waals surface area contributed by atoms with Gasteiger partial charge in [-0.2, -0.15) is 0 Å². The zero-order chi connectivity index (χ0) is 13.8. The molecule has 0 atom stereocenters. The summed E-state index contributed by atoms with van der Waals surface area (Å²) in [5.41, 5.74) is 1.52. The highest BCUT2D eigenvalue weighted by molar-refractivity contribution is 9.10. The Morgan fingerprint density at radius 2 is 1.89 bits per heavy atom. The van der Waals surface area contributed by atoms with Crippen molar-refractivity contribution in [2.45, 2.75) is 6.54 Å². The number of benzene rings is 2. The number of carbonyl (C=O) groups is 1. The Balaban J connectivity index is 2.04. The molecule has 3 nitrogen and oxygen atoms in total. The van der Waals surface area contributed by atoms with Crippen LogP contribution in [0.25, 0.3) is 0 Å². The summed E-state index contributed by atoms with van der Waals surface area (Å²) in [7, 11) is 0. The van der Waals surface area contributed by atoms with Gasteiger partial charge in [-0.3, -0.25) is 0 Å². The molecule has 0 aliphatic carbocycles. The lowest BCUT2D eigenvalue weighted by atomic mass is 10.1. The summed E-state index contributed by atoms with van der Waals surface area (Å²) in [4.78, 5) is 10.7. The van der Waals surface area contributed by atoms with E-state index < -0.39 is 5.97 Å². The van der Waals surface area contributed by atoms with E-state index in [0.29, 0.717) is 16.7 Å². The van der Waals surface area contributed by atoms with Crippen LogP contribution in [0.1, 0.15) is 15.9 Å². The third kappa shape index (κ3) is 3.54. The van der Waals surface area contributed by atoms with E-state index in [4.69, 9.17) is 5.11 Å². The van der Waals surface area contributed by atoms with Crippen LogP contribution in [-0.4, -0.2) is 11.1 Å². The van der Waals surface area contributed by atoms with Gasteiger partial charge in [-0.25, -0.2) is 9.18 Å². The topological polar surface area (TPSA) is 49.3 Å². The van der Waals surface area contributed by atoms with Crippen molar-refractivity contribution >= 4 is 27.6 Å². The molecule has 0 aliphatic rings. The number of anilines is 1. The Kier molecular flexibility index (Phi) is 4.16. The van der Waals surface area contributed by atoms with Gasteiger partial charge in [0.2, 0.25) is 0 Å². The van der Waals surface area contributed by atoms with Gasteiger partial charge in [-0.1, -0.05) is 28.1 Å². The Bertz CT molecular complexity index is 599. The molecule has 0 aliphatic heterocycles. The van der Waals surface area contributed by atoms with Crippen molar-refractivity contribution in [1.82, 2.24) is 0 Å². The van der Waals surface area contributed by atoms with Crippen molar-refractivity contribution in [2.75, 3.05) is 5.32 Å². The zero-order valence-corrected chi connectivity index (χ0v) is 11.4. The first-order valence-electron chi connectivity index (χ1n) is 5.57. The molecule has 19 heavy (non-hydrogen) atoms. The third-order valence-corrected chi connectivity index (χ3v) is 3.11. The van der Waals surface area contributed by atoms with Crippen LogP contribution in [-0.2, 0) is 6.54 Å². The Morgan fingerprint density at radius 3 is 2.47 bits per heavy atom. The maximum Gasteiger partial charge on any atom is 0.335 e. The van der Waals surface area contributed by atoms with E-state index in [1.165, 1.54) is 18.2 Å². The highest BCUT2D eigenvalue weighted by Gasteiger charge is 2.04. The summed E-state index contributed by atoms with van der Waals surface area (Å²) in [5, 5.41) is 11.7. The number of halogens is 2. The summed E-state index contributed by atoms with van der Waals surface area (Å²) in [6.07, 6.45) is 0. The van der Waals surface area contributed by atoms with E-state index >= 15 is 0 Å². The van der Waals surface area contributed by atoms with Crippen molar-refractivity contribution in [2.24, 2.45) is 0 Å². The molecule has 0 saturated heterocycles. The number of hydrogen-bond acceptors (Lipinski definition) is 2. The number of hydrogen-bond donors (Lipinski definition) is 2. The molecule has 2 aromatic rings. The minimum absolute atomic E-state index is 0.235. The van der Waals surface area contributed by atoms with Gasteiger partial charge in [-0.05, 0) is 35.9 Å². The lowest BCUT2D eigenvalue weighted by Crippen LogP contribution is -2.02. The molecule has 2 N–H and O–H groups in total. The standard InChI is InChI=1S/C14H11BrFNO2/c15-11-5-6-13(12(16)7-11)17-8-9-1-3-10(4-2-9)14(18)19/h1-7,17H,8H2,(H,18,19). The van der Waals surface area contributed by atoms with Gasteiger partial charge in [0, 0.05) is 11.0 Å². The molecule has 0 heterocycles. The maximum absolute atomic E-state index is 13.6. The first-order valence-corrected chi connectivity index (χ1v) is 6.37. The van der Waals surface area contributed by atoms with Crippen LogP contribution in [0.4, 0.5) is 10.1 Å². The number of nitrogens with one attached hydrogen (secondary N) is 1. The summed E-state index contributed by atoms with van der Waals surface area (Å²) < 4.78 is 14.2. The van der Waals surface area contributed by atoms with Crippen molar-refractivity contribution in [1.29, 1.82) is 0 Å². The smallest absolute Gasteiger partial charge is 0.335 e. The van der Waals surface area contributed by atoms with Crippen molar-refractivity contribution in [3.63, 3.8) is 0 Å². The lowest BCUT2D eigenvalue weighted by Gasteiger charge is -2.08. The van der Waals surface area contributed by atoms with Gasteiger partial charge < -0.3 is 10.4 Å². The predicted octanol–water partition coefficient (Wildman–Crippen LogP) is 3.90. The second kappa shape index (κ2) is 5.84. The Hall–Kier alpha value is -1.88. The van der Waals surface area contributed by atoms with Crippen LogP contribution in [0.5, 0.6) is 0 Å². The largest absolute Gasteiger partial charge is 0.478 e. The summed E-state index contributed by atoms with van der Waals surface area (Å²) in [5.74, 6) is -1.30. The van der Waals surface area contributed by atoms with Crippen LogP contribution in [0.2, 0.25) is 0 Å². The van der Waals surface area contributed by atoms with Crippen LogP contribution < -0.4 is 5.32 Å². The van der Waals surface area contributed by atoms with Crippen LogP contribution in [0.15, 0.2) is 46.9 Å². The average molecular weight is 324 g/mol. The van der Waals surface area contributed by atoms with E-state index in [1.54, 1.807) is 24.3 Å². The first-order chi connectivity index (χ1) is 9.06. The summed E-state index contributed by atoms with van der Waals surface area (Å²) in [6, 6.07) is 11.2. The fourth-order valence-corrected chi connectivity index (χ4v) is 1.93. The second-order valence-corrected chi connectivity index (χ2v) is 4.90. The number of rotatable bonds is 4. The molecular weight excluding hydrogens is 313 g/mol. The van der Waals surface area contributed by atoms with Gasteiger partial charge in [0.15, 0.2) is 0 Å². The fraction of sp³-hybridized carbons (Fsp3) is 0.0714. The molecule has 5 heteroatoms. The molecule has 0 radical (unpaired) electrons. The Labute approximate surface area is 118 Å². The van der Waals surface area contributed by atoms with Crippen LogP contribution in [0.3, 0.4) is 0 Å².